The molecule has 0 spiro atoms. The standard InChI is InChI=1S/C11H11NO2/c13-10-7-12-6-2-4-8-3-1-5-9(14-10)11(8)12/h1,3,5H,2,4,6-7H2. The number of benzene rings is 1. The summed E-state index contributed by atoms with van der Waals surface area (Å²) in [4.78, 5) is 13.4. The second-order valence-electron chi connectivity index (χ2n) is 3.76. The van der Waals surface area contributed by atoms with Crippen molar-refractivity contribution in [2.24, 2.45) is 0 Å². The third kappa shape index (κ3) is 1.02. The van der Waals surface area contributed by atoms with Gasteiger partial charge in [0.1, 0.15) is 6.54 Å². The van der Waals surface area contributed by atoms with Crippen LogP contribution in [0.25, 0.3) is 0 Å². The molecule has 14 heavy (non-hydrogen) atoms. The van der Waals surface area contributed by atoms with Gasteiger partial charge in [0, 0.05) is 6.54 Å². The Morgan fingerprint density at radius 2 is 2.29 bits per heavy atom. The highest BCUT2D eigenvalue weighted by Crippen LogP contribution is 2.38. The van der Waals surface area contributed by atoms with E-state index in [-0.39, 0.29) is 5.97 Å². The Kier molecular flexibility index (Phi) is 1.54. The SMILES string of the molecule is O=C1CN2CCCc3cccc(c32)O1. The van der Waals surface area contributed by atoms with Crippen molar-refractivity contribution in [1.29, 1.82) is 0 Å². The number of carbonyl (C=O) groups is 1. The zero-order valence-electron chi connectivity index (χ0n) is 7.82. The van der Waals surface area contributed by atoms with E-state index in [9.17, 15) is 4.79 Å². The second kappa shape index (κ2) is 2.74. The van der Waals surface area contributed by atoms with Gasteiger partial charge in [-0.3, -0.25) is 0 Å². The zero-order chi connectivity index (χ0) is 9.54. The summed E-state index contributed by atoms with van der Waals surface area (Å²) in [7, 11) is 0. The van der Waals surface area contributed by atoms with Crippen molar-refractivity contribution in [3.05, 3.63) is 23.8 Å². The van der Waals surface area contributed by atoms with Gasteiger partial charge in [-0.2, -0.15) is 0 Å². The number of aryl methyl sites for hydroxylation is 1. The highest BCUT2D eigenvalue weighted by Gasteiger charge is 2.28. The van der Waals surface area contributed by atoms with Crippen LogP contribution in [0.5, 0.6) is 5.75 Å². The van der Waals surface area contributed by atoms with E-state index in [1.807, 2.05) is 12.1 Å². The van der Waals surface area contributed by atoms with Gasteiger partial charge >= 0.3 is 5.97 Å². The van der Waals surface area contributed by atoms with Crippen LogP contribution >= 0.6 is 0 Å². The lowest BCUT2D eigenvalue weighted by Crippen LogP contribution is -2.40. The van der Waals surface area contributed by atoms with Gasteiger partial charge in [0.2, 0.25) is 0 Å². The molecule has 0 radical (unpaired) electrons. The zero-order valence-corrected chi connectivity index (χ0v) is 7.82. The summed E-state index contributed by atoms with van der Waals surface area (Å²) < 4.78 is 5.20. The first-order chi connectivity index (χ1) is 6.84. The van der Waals surface area contributed by atoms with Crippen molar-refractivity contribution in [3.63, 3.8) is 0 Å². The highest BCUT2D eigenvalue weighted by molar-refractivity contribution is 5.85. The van der Waals surface area contributed by atoms with E-state index < -0.39 is 0 Å². The van der Waals surface area contributed by atoms with E-state index in [2.05, 4.69) is 11.0 Å². The fourth-order valence-corrected chi connectivity index (χ4v) is 2.25. The quantitative estimate of drug-likeness (QED) is 0.456. The van der Waals surface area contributed by atoms with Crippen LogP contribution in [0.2, 0.25) is 0 Å². The van der Waals surface area contributed by atoms with Crippen molar-refractivity contribution in [3.8, 4) is 5.75 Å². The van der Waals surface area contributed by atoms with Gasteiger partial charge < -0.3 is 9.64 Å². The summed E-state index contributed by atoms with van der Waals surface area (Å²) >= 11 is 0. The van der Waals surface area contributed by atoms with Crippen LogP contribution in [0, 0.1) is 0 Å². The van der Waals surface area contributed by atoms with Crippen molar-refractivity contribution in [2.45, 2.75) is 12.8 Å². The molecule has 0 aromatic heterocycles. The van der Waals surface area contributed by atoms with Crippen LogP contribution in [0.1, 0.15) is 12.0 Å². The van der Waals surface area contributed by atoms with E-state index in [0.29, 0.717) is 6.54 Å². The van der Waals surface area contributed by atoms with Crippen LogP contribution in [0.4, 0.5) is 5.69 Å². The average molecular weight is 189 g/mol. The third-order valence-corrected chi connectivity index (χ3v) is 2.82. The lowest BCUT2D eigenvalue weighted by atomic mass is 10.0. The molecule has 0 aliphatic carbocycles. The Morgan fingerprint density at radius 3 is 3.21 bits per heavy atom. The molecule has 0 saturated heterocycles. The molecule has 3 heteroatoms. The van der Waals surface area contributed by atoms with Gasteiger partial charge in [0.15, 0.2) is 5.75 Å². The van der Waals surface area contributed by atoms with E-state index in [1.165, 1.54) is 5.56 Å². The number of ether oxygens (including phenoxy) is 1. The molecule has 2 heterocycles. The van der Waals surface area contributed by atoms with E-state index in [0.717, 1.165) is 30.8 Å². The van der Waals surface area contributed by atoms with Gasteiger partial charge in [0.05, 0.1) is 5.69 Å². The third-order valence-electron chi connectivity index (χ3n) is 2.82. The number of para-hydroxylation sites is 1. The second-order valence-corrected chi connectivity index (χ2v) is 3.76. The van der Waals surface area contributed by atoms with Crippen molar-refractivity contribution < 1.29 is 9.53 Å². The summed E-state index contributed by atoms with van der Waals surface area (Å²) in [5.74, 6) is 0.593. The molecule has 2 aliphatic heterocycles. The molecule has 3 rings (SSSR count). The molecule has 2 aliphatic rings. The topological polar surface area (TPSA) is 29.5 Å². The van der Waals surface area contributed by atoms with Crippen molar-refractivity contribution >= 4 is 11.7 Å². The van der Waals surface area contributed by atoms with Crippen molar-refractivity contribution in [1.82, 2.24) is 0 Å². The summed E-state index contributed by atoms with van der Waals surface area (Å²) in [6.07, 6.45) is 2.22. The fourth-order valence-electron chi connectivity index (χ4n) is 2.25. The molecule has 1 aromatic carbocycles. The minimum absolute atomic E-state index is 0.142. The van der Waals surface area contributed by atoms with E-state index in [1.54, 1.807) is 0 Å². The summed E-state index contributed by atoms with van der Waals surface area (Å²) in [5.41, 5.74) is 2.44. The smallest absolute Gasteiger partial charge is 0.331 e. The molecular formula is C11H11NO2. The fraction of sp³-hybridized carbons (Fsp3) is 0.364. The average Bonchev–Trinajstić information content (AvgIpc) is 2.18. The molecule has 3 nitrogen and oxygen atoms in total. The van der Waals surface area contributed by atoms with Crippen LogP contribution in [-0.4, -0.2) is 19.1 Å². The monoisotopic (exact) mass is 189 g/mol. The number of carbonyl (C=O) groups excluding carboxylic acids is 1. The van der Waals surface area contributed by atoms with Crippen LogP contribution in [0.3, 0.4) is 0 Å². The van der Waals surface area contributed by atoms with Crippen LogP contribution in [0.15, 0.2) is 18.2 Å². The van der Waals surface area contributed by atoms with Gasteiger partial charge in [-0.1, -0.05) is 12.1 Å². The minimum atomic E-state index is -0.142. The largest absolute Gasteiger partial charge is 0.423 e. The van der Waals surface area contributed by atoms with Gasteiger partial charge in [-0.15, -0.1) is 0 Å². The Bertz CT molecular complexity index is 400. The lowest BCUT2D eigenvalue weighted by Gasteiger charge is -2.34. The molecular weight excluding hydrogens is 178 g/mol. The Balaban J connectivity index is 2.18. The lowest BCUT2D eigenvalue weighted by molar-refractivity contribution is -0.133. The Hall–Kier alpha value is -1.51. The summed E-state index contributed by atoms with van der Waals surface area (Å²) in [5, 5.41) is 0. The summed E-state index contributed by atoms with van der Waals surface area (Å²) in [6.45, 7) is 1.38. The van der Waals surface area contributed by atoms with Crippen LogP contribution in [-0.2, 0) is 11.2 Å². The number of anilines is 1. The normalized spacial score (nSPS) is 18.9. The minimum Gasteiger partial charge on any atom is -0.423 e. The number of rotatable bonds is 0. The predicted octanol–water partition coefficient (Wildman–Crippen LogP) is 1.36. The Morgan fingerprint density at radius 1 is 1.36 bits per heavy atom. The number of hydrogen-bond acceptors (Lipinski definition) is 3. The van der Waals surface area contributed by atoms with Gasteiger partial charge in [0.25, 0.3) is 0 Å². The van der Waals surface area contributed by atoms with Gasteiger partial charge in [-0.25, -0.2) is 4.79 Å². The molecule has 72 valence electrons. The molecule has 0 N–H and O–H groups in total. The first kappa shape index (κ1) is 7.85. The maximum Gasteiger partial charge on any atom is 0.331 e. The van der Waals surface area contributed by atoms with E-state index in [4.69, 9.17) is 4.74 Å². The first-order valence-electron chi connectivity index (χ1n) is 4.92. The first-order valence-corrected chi connectivity index (χ1v) is 4.92. The molecule has 0 atom stereocenters. The molecule has 0 saturated carbocycles. The number of esters is 1. The maximum atomic E-state index is 11.3. The molecule has 1 aromatic rings. The van der Waals surface area contributed by atoms with Gasteiger partial charge in [-0.05, 0) is 24.5 Å². The molecule has 0 fully saturated rings. The number of nitrogens with zero attached hydrogens (tertiary/aromatic N) is 1. The predicted molar refractivity (Wildman–Crippen MR) is 52.6 cm³/mol. The summed E-state index contributed by atoms with van der Waals surface area (Å²) in [6, 6.07) is 5.94. The molecule has 0 amide bonds. The highest BCUT2D eigenvalue weighted by atomic mass is 16.5. The van der Waals surface area contributed by atoms with Crippen LogP contribution < -0.4 is 9.64 Å². The molecule has 0 bridgehead atoms. The Labute approximate surface area is 82.3 Å². The molecule has 0 unspecified atom stereocenters. The number of hydrogen-bond donors (Lipinski definition) is 0. The maximum absolute atomic E-state index is 11.3. The van der Waals surface area contributed by atoms with Crippen molar-refractivity contribution in [2.75, 3.05) is 18.0 Å². The van der Waals surface area contributed by atoms with E-state index >= 15 is 0 Å².